The Morgan fingerprint density at radius 1 is 1.07 bits per heavy atom. The summed E-state index contributed by atoms with van der Waals surface area (Å²) in [7, 11) is 3.07. The van der Waals surface area contributed by atoms with Crippen molar-refractivity contribution in [2.45, 2.75) is 19.9 Å². The molecule has 0 radical (unpaired) electrons. The number of anilines is 1. The SMILES string of the molecule is CCOc1ccc([C@@H]2NC(=O)NC(C)=C2C(=O)Nc2cc(OC)ccc2OC)cc1. The van der Waals surface area contributed by atoms with Gasteiger partial charge in [0.1, 0.15) is 17.2 Å². The maximum atomic E-state index is 13.2. The molecule has 1 aliphatic rings. The molecule has 0 fully saturated rings. The highest BCUT2D eigenvalue weighted by Gasteiger charge is 2.31. The van der Waals surface area contributed by atoms with E-state index in [9.17, 15) is 9.59 Å². The Bertz CT molecular complexity index is 969. The number of carbonyl (C=O) groups is 2. The molecule has 3 rings (SSSR count). The van der Waals surface area contributed by atoms with Crippen molar-refractivity contribution >= 4 is 17.6 Å². The molecule has 1 atom stereocenters. The van der Waals surface area contributed by atoms with E-state index in [-0.39, 0.29) is 11.9 Å². The van der Waals surface area contributed by atoms with Crippen LogP contribution in [0.25, 0.3) is 0 Å². The molecule has 0 unspecified atom stereocenters. The minimum Gasteiger partial charge on any atom is -0.497 e. The van der Waals surface area contributed by atoms with Gasteiger partial charge in [0.05, 0.1) is 38.1 Å². The lowest BCUT2D eigenvalue weighted by Crippen LogP contribution is -2.45. The second kappa shape index (κ2) is 9.21. The molecular weight excluding hydrogens is 386 g/mol. The van der Waals surface area contributed by atoms with Crippen LogP contribution in [0.4, 0.5) is 10.5 Å². The van der Waals surface area contributed by atoms with Gasteiger partial charge in [-0.05, 0) is 43.7 Å². The zero-order valence-electron chi connectivity index (χ0n) is 17.4. The number of nitrogens with one attached hydrogen (secondary N) is 3. The van der Waals surface area contributed by atoms with E-state index in [0.717, 1.165) is 5.56 Å². The van der Waals surface area contributed by atoms with E-state index < -0.39 is 6.04 Å². The molecule has 8 nitrogen and oxygen atoms in total. The number of hydrogen-bond donors (Lipinski definition) is 3. The fourth-order valence-electron chi connectivity index (χ4n) is 3.27. The summed E-state index contributed by atoms with van der Waals surface area (Å²) in [5.74, 6) is 1.42. The van der Waals surface area contributed by atoms with Crippen LogP contribution in [0.15, 0.2) is 53.7 Å². The molecule has 30 heavy (non-hydrogen) atoms. The number of carbonyl (C=O) groups excluding carboxylic acids is 2. The molecule has 0 aliphatic carbocycles. The fourth-order valence-corrected chi connectivity index (χ4v) is 3.27. The van der Waals surface area contributed by atoms with Crippen LogP contribution in [-0.4, -0.2) is 32.8 Å². The van der Waals surface area contributed by atoms with E-state index in [1.165, 1.54) is 7.11 Å². The molecule has 1 heterocycles. The Morgan fingerprint density at radius 3 is 2.40 bits per heavy atom. The van der Waals surface area contributed by atoms with E-state index in [4.69, 9.17) is 14.2 Å². The summed E-state index contributed by atoms with van der Waals surface area (Å²) in [6, 6.07) is 11.4. The largest absolute Gasteiger partial charge is 0.497 e. The third-order valence-electron chi connectivity index (χ3n) is 4.69. The molecule has 0 bridgehead atoms. The monoisotopic (exact) mass is 411 g/mol. The summed E-state index contributed by atoms with van der Waals surface area (Å²) in [6.07, 6.45) is 0. The van der Waals surface area contributed by atoms with Gasteiger partial charge in [-0.2, -0.15) is 0 Å². The lowest BCUT2D eigenvalue weighted by Gasteiger charge is -2.29. The summed E-state index contributed by atoms with van der Waals surface area (Å²) < 4.78 is 16.1. The molecule has 8 heteroatoms. The molecule has 0 spiro atoms. The van der Waals surface area contributed by atoms with Gasteiger partial charge in [-0.3, -0.25) is 4.79 Å². The summed E-state index contributed by atoms with van der Waals surface area (Å²) in [5, 5.41) is 8.35. The first-order valence-corrected chi connectivity index (χ1v) is 9.51. The van der Waals surface area contributed by atoms with E-state index in [1.807, 2.05) is 31.2 Å². The van der Waals surface area contributed by atoms with Gasteiger partial charge in [-0.1, -0.05) is 12.1 Å². The van der Waals surface area contributed by atoms with Crippen molar-refractivity contribution in [3.05, 3.63) is 59.3 Å². The van der Waals surface area contributed by atoms with Crippen LogP contribution in [0.2, 0.25) is 0 Å². The number of amides is 3. The summed E-state index contributed by atoms with van der Waals surface area (Å²) in [5.41, 5.74) is 2.08. The van der Waals surface area contributed by atoms with Crippen LogP contribution in [0.1, 0.15) is 25.5 Å². The molecule has 0 saturated heterocycles. The number of methoxy groups -OCH3 is 2. The number of hydrogen-bond acceptors (Lipinski definition) is 5. The molecule has 158 valence electrons. The number of benzene rings is 2. The van der Waals surface area contributed by atoms with Crippen molar-refractivity contribution in [1.82, 2.24) is 10.6 Å². The lowest BCUT2D eigenvalue weighted by atomic mass is 9.94. The smallest absolute Gasteiger partial charge is 0.319 e. The minimum absolute atomic E-state index is 0.370. The van der Waals surface area contributed by atoms with Crippen molar-refractivity contribution in [3.8, 4) is 17.2 Å². The molecular formula is C22H25N3O5. The molecule has 0 saturated carbocycles. The second-order valence-electron chi connectivity index (χ2n) is 6.59. The molecule has 2 aromatic carbocycles. The molecule has 1 aliphatic heterocycles. The summed E-state index contributed by atoms with van der Waals surface area (Å²) >= 11 is 0. The third kappa shape index (κ3) is 4.48. The number of urea groups is 1. The van der Waals surface area contributed by atoms with Gasteiger partial charge in [0, 0.05) is 11.8 Å². The van der Waals surface area contributed by atoms with E-state index in [2.05, 4.69) is 16.0 Å². The first kappa shape index (κ1) is 21.0. The molecule has 0 aromatic heterocycles. The average molecular weight is 411 g/mol. The highest BCUT2D eigenvalue weighted by atomic mass is 16.5. The lowest BCUT2D eigenvalue weighted by molar-refractivity contribution is -0.113. The van der Waals surface area contributed by atoms with Crippen LogP contribution in [0, 0.1) is 0 Å². The highest BCUT2D eigenvalue weighted by Crippen LogP contribution is 2.32. The van der Waals surface area contributed by atoms with Crippen LogP contribution >= 0.6 is 0 Å². The van der Waals surface area contributed by atoms with Crippen molar-refractivity contribution in [1.29, 1.82) is 0 Å². The average Bonchev–Trinajstić information content (AvgIpc) is 2.73. The molecule has 3 amide bonds. The van der Waals surface area contributed by atoms with Crippen molar-refractivity contribution in [2.75, 3.05) is 26.1 Å². The quantitative estimate of drug-likeness (QED) is 0.649. The van der Waals surface area contributed by atoms with E-state index in [1.54, 1.807) is 32.2 Å². The molecule has 3 N–H and O–H groups in total. The predicted molar refractivity (Wildman–Crippen MR) is 113 cm³/mol. The predicted octanol–water partition coefficient (Wildman–Crippen LogP) is 3.37. The maximum absolute atomic E-state index is 13.2. The van der Waals surface area contributed by atoms with Gasteiger partial charge in [0.15, 0.2) is 0 Å². The molecule has 2 aromatic rings. The Morgan fingerprint density at radius 2 is 1.77 bits per heavy atom. The number of ether oxygens (including phenoxy) is 3. The van der Waals surface area contributed by atoms with E-state index >= 15 is 0 Å². The van der Waals surface area contributed by atoms with Gasteiger partial charge in [-0.25, -0.2) is 4.79 Å². The number of rotatable bonds is 7. The third-order valence-corrected chi connectivity index (χ3v) is 4.69. The van der Waals surface area contributed by atoms with Crippen LogP contribution in [-0.2, 0) is 4.79 Å². The fraction of sp³-hybridized carbons (Fsp3) is 0.273. The van der Waals surface area contributed by atoms with Crippen LogP contribution < -0.4 is 30.2 Å². The zero-order valence-corrected chi connectivity index (χ0v) is 17.4. The maximum Gasteiger partial charge on any atom is 0.319 e. The van der Waals surface area contributed by atoms with Crippen molar-refractivity contribution in [2.24, 2.45) is 0 Å². The summed E-state index contributed by atoms with van der Waals surface area (Å²) in [6.45, 7) is 4.15. The standard InChI is InChI=1S/C22H25N3O5/c1-5-30-15-8-6-14(7-9-15)20-19(13(2)23-22(27)25-20)21(26)24-17-12-16(28-3)10-11-18(17)29-4/h6-12,20H,5H2,1-4H3,(H,24,26)(H2,23,25,27)/t20-/m0/s1. The van der Waals surface area contributed by atoms with Crippen molar-refractivity contribution in [3.63, 3.8) is 0 Å². The van der Waals surface area contributed by atoms with Crippen molar-refractivity contribution < 1.29 is 23.8 Å². The first-order valence-electron chi connectivity index (χ1n) is 9.51. The Labute approximate surface area is 175 Å². The van der Waals surface area contributed by atoms with Gasteiger partial charge >= 0.3 is 6.03 Å². The Hall–Kier alpha value is -3.68. The van der Waals surface area contributed by atoms with Crippen LogP contribution in [0.3, 0.4) is 0 Å². The zero-order chi connectivity index (χ0) is 21.7. The minimum atomic E-state index is -0.619. The van der Waals surface area contributed by atoms with E-state index in [0.29, 0.717) is 40.8 Å². The first-order chi connectivity index (χ1) is 14.5. The summed E-state index contributed by atoms with van der Waals surface area (Å²) in [4.78, 5) is 25.3. The van der Waals surface area contributed by atoms with Gasteiger partial charge in [0.2, 0.25) is 0 Å². The second-order valence-corrected chi connectivity index (χ2v) is 6.59. The Balaban J connectivity index is 1.93. The van der Waals surface area contributed by atoms with Gasteiger partial charge < -0.3 is 30.2 Å². The number of allylic oxidation sites excluding steroid dienone is 1. The van der Waals surface area contributed by atoms with Gasteiger partial charge in [-0.15, -0.1) is 0 Å². The topological polar surface area (TPSA) is 97.9 Å². The van der Waals surface area contributed by atoms with Crippen LogP contribution in [0.5, 0.6) is 17.2 Å². The normalized spacial score (nSPS) is 15.7. The highest BCUT2D eigenvalue weighted by molar-refractivity contribution is 6.07. The van der Waals surface area contributed by atoms with Gasteiger partial charge in [0.25, 0.3) is 5.91 Å². The Kier molecular flexibility index (Phi) is 6.46.